The Balaban J connectivity index is 3.15. The summed E-state index contributed by atoms with van der Waals surface area (Å²) in [6.45, 7) is 3.14. The Hall–Kier alpha value is -2.31. The van der Waals surface area contributed by atoms with Crippen molar-refractivity contribution in [2.75, 3.05) is 11.1 Å². The van der Waals surface area contributed by atoms with Crippen LogP contribution < -0.4 is 22.5 Å². The first kappa shape index (κ1) is 12.8. The number of nitrogen functional groups attached to an aromatic ring is 1. The van der Waals surface area contributed by atoms with Crippen molar-refractivity contribution in [1.82, 2.24) is 4.98 Å². The summed E-state index contributed by atoms with van der Waals surface area (Å²) in [6, 6.07) is 1.38. The van der Waals surface area contributed by atoms with E-state index in [2.05, 4.69) is 10.3 Å². The molecule has 0 spiro atoms. The summed E-state index contributed by atoms with van der Waals surface area (Å²) in [4.78, 5) is 26.3. The summed E-state index contributed by atoms with van der Waals surface area (Å²) >= 11 is 0. The monoisotopic (exact) mass is 237 g/mol. The summed E-state index contributed by atoms with van der Waals surface area (Å²) in [7, 11) is 0. The van der Waals surface area contributed by atoms with Crippen molar-refractivity contribution < 1.29 is 9.59 Å². The molecule has 1 heterocycles. The molecule has 1 rings (SSSR count). The Morgan fingerprint density at radius 1 is 1.35 bits per heavy atom. The average Bonchev–Trinajstić information content (AvgIpc) is 2.19. The summed E-state index contributed by atoms with van der Waals surface area (Å²) in [5.41, 5.74) is 15.3. The largest absolute Gasteiger partial charge is 0.397 e. The van der Waals surface area contributed by atoms with Crippen LogP contribution in [0.4, 0.5) is 11.5 Å². The van der Waals surface area contributed by atoms with Gasteiger partial charge in [0, 0.05) is 0 Å². The molecule has 7 N–H and O–H groups in total. The molecule has 0 aliphatic heterocycles. The fourth-order valence-corrected chi connectivity index (χ4v) is 1.13. The number of nitrogens with one attached hydrogen (secondary N) is 1. The van der Waals surface area contributed by atoms with Crippen LogP contribution in [0.2, 0.25) is 0 Å². The van der Waals surface area contributed by atoms with Gasteiger partial charge in [0.15, 0.2) is 0 Å². The number of carbonyl (C=O) groups excluding carboxylic acids is 2. The SMILES string of the molecule is CC(C)(Nc1ncc(N)cc1C(N)=O)C(N)=O. The Morgan fingerprint density at radius 3 is 2.41 bits per heavy atom. The number of primary amides is 2. The van der Waals surface area contributed by atoms with Crippen LogP contribution in [0.1, 0.15) is 24.2 Å². The van der Waals surface area contributed by atoms with Gasteiger partial charge in [-0.15, -0.1) is 0 Å². The van der Waals surface area contributed by atoms with E-state index < -0.39 is 17.4 Å². The third kappa shape index (κ3) is 2.83. The minimum absolute atomic E-state index is 0.110. The summed E-state index contributed by atoms with van der Waals surface area (Å²) in [5.74, 6) is -1.09. The first-order valence-corrected chi connectivity index (χ1v) is 4.87. The van der Waals surface area contributed by atoms with Crippen LogP contribution in [0.3, 0.4) is 0 Å². The van der Waals surface area contributed by atoms with Crippen LogP contribution in [0, 0.1) is 0 Å². The summed E-state index contributed by atoms with van der Waals surface area (Å²) in [6.07, 6.45) is 1.35. The van der Waals surface area contributed by atoms with Crippen LogP contribution >= 0.6 is 0 Å². The lowest BCUT2D eigenvalue weighted by Gasteiger charge is -2.23. The predicted octanol–water partition coefficient (Wildman–Crippen LogP) is -0.561. The minimum atomic E-state index is -1.05. The molecule has 7 heteroatoms. The smallest absolute Gasteiger partial charge is 0.252 e. The third-order valence-electron chi connectivity index (χ3n) is 2.22. The second-order valence-corrected chi connectivity index (χ2v) is 4.14. The molecule has 0 aromatic carbocycles. The lowest BCUT2D eigenvalue weighted by atomic mass is 10.0. The molecule has 7 nitrogen and oxygen atoms in total. The molecular formula is C10H15N5O2. The number of aromatic nitrogens is 1. The highest BCUT2D eigenvalue weighted by Gasteiger charge is 2.26. The van der Waals surface area contributed by atoms with Gasteiger partial charge in [-0.05, 0) is 19.9 Å². The zero-order valence-electron chi connectivity index (χ0n) is 9.65. The van der Waals surface area contributed by atoms with Crippen LogP contribution in [-0.2, 0) is 4.79 Å². The van der Waals surface area contributed by atoms with Gasteiger partial charge in [0.05, 0.1) is 17.4 Å². The lowest BCUT2D eigenvalue weighted by molar-refractivity contribution is -0.121. The number of hydrogen-bond donors (Lipinski definition) is 4. The van der Waals surface area contributed by atoms with Gasteiger partial charge in [-0.25, -0.2) is 4.98 Å². The predicted molar refractivity (Wildman–Crippen MR) is 64.1 cm³/mol. The zero-order valence-corrected chi connectivity index (χ0v) is 9.65. The number of amides is 2. The maximum Gasteiger partial charge on any atom is 0.252 e. The molecule has 17 heavy (non-hydrogen) atoms. The van der Waals surface area contributed by atoms with E-state index in [4.69, 9.17) is 17.2 Å². The van der Waals surface area contributed by atoms with Gasteiger partial charge in [-0.1, -0.05) is 0 Å². The summed E-state index contributed by atoms with van der Waals surface area (Å²) in [5, 5.41) is 2.75. The maximum absolute atomic E-state index is 11.2. The van der Waals surface area contributed by atoms with Gasteiger partial charge >= 0.3 is 0 Å². The van der Waals surface area contributed by atoms with Crippen molar-refractivity contribution in [2.45, 2.75) is 19.4 Å². The Labute approximate surface area is 98.4 Å². The highest BCUT2D eigenvalue weighted by atomic mass is 16.2. The van der Waals surface area contributed by atoms with Gasteiger partial charge in [0.2, 0.25) is 5.91 Å². The topological polar surface area (TPSA) is 137 Å². The highest BCUT2D eigenvalue weighted by molar-refractivity contribution is 5.99. The second kappa shape index (κ2) is 4.28. The molecule has 0 aliphatic rings. The standard InChI is InChI=1S/C10H15N5O2/c1-10(2,9(13)17)15-8-6(7(12)16)3-5(11)4-14-8/h3-4H,11H2,1-2H3,(H2,12,16)(H2,13,17)(H,14,15). The fourth-order valence-electron chi connectivity index (χ4n) is 1.13. The maximum atomic E-state index is 11.2. The first-order valence-electron chi connectivity index (χ1n) is 4.87. The van der Waals surface area contributed by atoms with Crippen molar-refractivity contribution in [3.63, 3.8) is 0 Å². The van der Waals surface area contributed by atoms with Crippen molar-refractivity contribution in [1.29, 1.82) is 0 Å². The van der Waals surface area contributed by atoms with E-state index in [0.717, 1.165) is 0 Å². The highest BCUT2D eigenvalue weighted by Crippen LogP contribution is 2.19. The van der Waals surface area contributed by atoms with Crippen molar-refractivity contribution >= 4 is 23.3 Å². The van der Waals surface area contributed by atoms with Crippen LogP contribution in [0.25, 0.3) is 0 Å². The molecular weight excluding hydrogens is 222 g/mol. The number of rotatable bonds is 4. The van der Waals surface area contributed by atoms with Crippen molar-refractivity contribution in [3.05, 3.63) is 17.8 Å². The normalized spacial score (nSPS) is 10.9. The van der Waals surface area contributed by atoms with Crippen LogP contribution in [0.15, 0.2) is 12.3 Å². The van der Waals surface area contributed by atoms with Crippen LogP contribution in [-0.4, -0.2) is 22.3 Å². The number of nitrogens with two attached hydrogens (primary N) is 3. The molecule has 0 aliphatic carbocycles. The molecule has 0 saturated heterocycles. The lowest BCUT2D eigenvalue weighted by Crippen LogP contribution is -2.45. The van der Waals surface area contributed by atoms with E-state index in [1.165, 1.54) is 12.3 Å². The molecule has 0 atom stereocenters. The average molecular weight is 237 g/mol. The zero-order chi connectivity index (χ0) is 13.2. The Morgan fingerprint density at radius 2 is 1.94 bits per heavy atom. The molecule has 0 unspecified atom stereocenters. The van der Waals surface area contributed by atoms with Crippen molar-refractivity contribution in [3.8, 4) is 0 Å². The van der Waals surface area contributed by atoms with E-state index >= 15 is 0 Å². The van der Waals surface area contributed by atoms with Gasteiger partial charge in [-0.2, -0.15) is 0 Å². The minimum Gasteiger partial charge on any atom is -0.397 e. The Bertz CT molecular complexity index is 470. The molecule has 92 valence electrons. The van der Waals surface area contributed by atoms with E-state index in [9.17, 15) is 9.59 Å². The van der Waals surface area contributed by atoms with E-state index in [-0.39, 0.29) is 11.4 Å². The molecule has 1 aromatic rings. The number of hydrogen-bond acceptors (Lipinski definition) is 5. The molecule has 0 fully saturated rings. The molecule has 0 saturated carbocycles. The van der Waals surface area contributed by atoms with Crippen LogP contribution in [0.5, 0.6) is 0 Å². The van der Waals surface area contributed by atoms with Gasteiger partial charge in [-0.3, -0.25) is 9.59 Å². The Kier molecular flexibility index (Phi) is 3.21. The summed E-state index contributed by atoms with van der Waals surface area (Å²) < 4.78 is 0. The number of nitrogens with zero attached hydrogens (tertiary/aromatic N) is 1. The number of anilines is 2. The number of carbonyl (C=O) groups is 2. The first-order chi connectivity index (χ1) is 7.74. The van der Waals surface area contributed by atoms with Crippen molar-refractivity contribution in [2.24, 2.45) is 11.5 Å². The van der Waals surface area contributed by atoms with E-state index in [0.29, 0.717) is 5.69 Å². The van der Waals surface area contributed by atoms with Gasteiger partial charge in [0.1, 0.15) is 11.4 Å². The number of pyridine rings is 1. The molecule has 0 bridgehead atoms. The molecule has 0 radical (unpaired) electrons. The molecule has 2 amide bonds. The van der Waals surface area contributed by atoms with E-state index in [1.54, 1.807) is 13.8 Å². The van der Waals surface area contributed by atoms with Gasteiger partial charge < -0.3 is 22.5 Å². The third-order valence-corrected chi connectivity index (χ3v) is 2.22. The van der Waals surface area contributed by atoms with E-state index in [1.807, 2.05) is 0 Å². The van der Waals surface area contributed by atoms with Gasteiger partial charge in [0.25, 0.3) is 5.91 Å². The quantitative estimate of drug-likeness (QED) is 0.556. The second-order valence-electron chi connectivity index (χ2n) is 4.14. The molecule has 1 aromatic heterocycles. The fraction of sp³-hybridized carbons (Fsp3) is 0.300.